The van der Waals surface area contributed by atoms with Gasteiger partial charge in [0.05, 0.1) is 0 Å². The van der Waals surface area contributed by atoms with Gasteiger partial charge >= 0.3 is 0 Å². The van der Waals surface area contributed by atoms with Gasteiger partial charge in [0.15, 0.2) is 6.30 Å². The van der Waals surface area contributed by atoms with Crippen LogP contribution < -0.4 is 5.73 Å². The summed E-state index contributed by atoms with van der Waals surface area (Å²) >= 11 is 0. The zero-order valence-electron chi connectivity index (χ0n) is 3.49. The van der Waals surface area contributed by atoms with Crippen molar-refractivity contribution in [2.24, 2.45) is 5.73 Å². The van der Waals surface area contributed by atoms with Crippen molar-refractivity contribution in [3.63, 3.8) is 0 Å². The van der Waals surface area contributed by atoms with E-state index in [-0.39, 0.29) is 0 Å². The molecule has 38 valence electrons. The van der Waals surface area contributed by atoms with E-state index < -0.39 is 12.5 Å². The number of rotatable bonds is 1. The van der Waals surface area contributed by atoms with Gasteiger partial charge in [-0.25, -0.2) is 8.78 Å². The third-order valence-corrected chi connectivity index (χ3v) is 0.439. The normalized spacial score (nSPS) is 20.0. The zero-order chi connectivity index (χ0) is 5.15. The van der Waals surface area contributed by atoms with Gasteiger partial charge in [-0.3, -0.25) is 5.73 Å². The van der Waals surface area contributed by atoms with Gasteiger partial charge in [-0.2, -0.15) is 0 Å². The van der Waals surface area contributed by atoms with Gasteiger partial charge in [-0.1, -0.05) is 0 Å². The molecular weight excluding hydrogens is 88.0 g/mol. The molecule has 0 aliphatic carbocycles. The molecule has 6 heavy (non-hydrogen) atoms. The van der Waals surface area contributed by atoms with Gasteiger partial charge in [0.1, 0.15) is 6.17 Å². The van der Waals surface area contributed by atoms with Crippen molar-refractivity contribution in [1.82, 2.24) is 0 Å². The van der Waals surface area contributed by atoms with E-state index in [2.05, 4.69) is 5.73 Å². The van der Waals surface area contributed by atoms with Crippen LogP contribution in [0.3, 0.4) is 0 Å². The topological polar surface area (TPSA) is 26.0 Å². The SMILES string of the molecule is CC(F)C(N)F. The Kier molecular flexibility index (Phi) is 2.01. The van der Waals surface area contributed by atoms with Gasteiger partial charge in [-0.05, 0) is 6.92 Å². The Morgan fingerprint density at radius 3 is 1.67 bits per heavy atom. The van der Waals surface area contributed by atoms with Crippen molar-refractivity contribution in [1.29, 1.82) is 0 Å². The van der Waals surface area contributed by atoms with E-state index in [4.69, 9.17) is 0 Å². The predicted octanol–water partition coefficient (Wildman–Crippen LogP) is 0.599. The maximum Gasteiger partial charge on any atom is 0.179 e. The second-order valence-electron chi connectivity index (χ2n) is 1.12. The minimum atomic E-state index is -1.81. The molecule has 0 heterocycles. The maximum atomic E-state index is 11.3. The second kappa shape index (κ2) is 2.08. The highest BCUT2D eigenvalue weighted by molar-refractivity contribution is 4.50. The van der Waals surface area contributed by atoms with Crippen molar-refractivity contribution in [2.45, 2.75) is 19.4 Å². The first kappa shape index (κ1) is 5.82. The molecule has 3 heteroatoms. The summed E-state index contributed by atoms with van der Waals surface area (Å²) < 4.78 is 22.6. The molecule has 0 aliphatic rings. The largest absolute Gasteiger partial charge is 0.299 e. The van der Waals surface area contributed by atoms with Crippen molar-refractivity contribution < 1.29 is 8.78 Å². The van der Waals surface area contributed by atoms with E-state index in [0.717, 1.165) is 6.92 Å². The fourth-order valence-corrected chi connectivity index (χ4v) is 0. The van der Waals surface area contributed by atoms with Crippen LogP contribution in [0.25, 0.3) is 0 Å². The molecule has 2 unspecified atom stereocenters. The van der Waals surface area contributed by atoms with Crippen LogP contribution in [0.15, 0.2) is 0 Å². The van der Waals surface area contributed by atoms with E-state index in [1.54, 1.807) is 0 Å². The summed E-state index contributed by atoms with van der Waals surface area (Å²) in [7, 11) is 0. The Labute approximate surface area is 35.1 Å². The lowest BCUT2D eigenvalue weighted by Gasteiger charge is -1.97. The average molecular weight is 95.1 g/mol. The summed E-state index contributed by atoms with van der Waals surface area (Å²) in [6.45, 7) is 1.07. The Balaban J connectivity index is 2.99. The van der Waals surface area contributed by atoms with Crippen molar-refractivity contribution >= 4 is 0 Å². The summed E-state index contributed by atoms with van der Waals surface area (Å²) in [5.74, 6) is 0. The first-order valence-corrected chi connectivity index (χ1v) is 1.68. The molecule has 0 rings (SSSR count). The van der Waals surface area contributed by atoms with Crippen molar-refractivity contribution in [2.75, 3.05) is 0 Å². The third-order valence-electron chi connectivity index (χ3n) is 0.439. The van der Waals surface area contributed by atoms with Crippen molar-refractivity contribution in [3.8, 4) is 0 Å². The lowest BCUT2D eigenvalue weighted by molar-refractivity contribution is 0.188. The molecule has 0 aromatic heterocycles. The fraction of sp³-hybridized carbons (Fsp3) is 1.00. The van der Waals surface area contributed by atoms with Gasteiger partial charge in [0.2, 0.25) is 0 Å². The summed E-state index contributed by atoms with van der Waals surface area (Å²) in [4.78, 5) is 0. The van der Waals surface area contributed by atoms with Gasteiger partial charge in [0, 0.05) is 0 Å². The Morgan fingerprint density at radius 2 is 1.67 bits per heavy atom. The monoisotopic (exact) mass is 95.1 g/mol. The quantitative estimate of drug-likeness (QED) is 0.474. The molecule has 0 aromatic rings. The van der Waals surface area contributed by atoms with E-state index >= 15 is 0 Å². The summed E-state index contributed by atoms with van der Waals surface area (Å²) in [6.07, 6.45) is -3.35. The predicted molar refractivity (Wildman–Crippen MR) is 19.7 cm³/mol. The Hall–Kier alpha value is -0.180. The van der Waals surface area contributed by atoms with Crippen LogP contribution in [-0.2, 0) is 0 Å². The number of hydrogen-bond acceptors (Lipinski definition) is 1. The maximum absolute atomic E-state index is 11.3. The zero-order valence-corrected chi connectivity index (χ0v) is 3.49. The molecule has 0 spiro atoms. The van der Waals surface area contributed by atoms with Crippen LogP contribution in [0.1, 0.15) is 6.92 Å². The standard InChI is InChI=1S/C3H7F2N/c1-2(4)3(5)6/h2-3H,6H2,1H3. The van der Waals surface area contributed by atoms with Crippen LogP contribution in [0.5, 0.6) is 0 Å². The molecule has 0 fully saturated rings. The van der Waals surface area contributed by atoms with E-state index in [1.165, 1.54) is 0 Å². The Morgan fingerprint density at radius 1 is 1.50 bits per heavy atom. The molecule has 0 amide bonds. The third kappa shape index (κ3) is 2.08. The minimum absolute atomic E-state index is 1.07. The lowest BCUT2D eigenvalue weighted by Crippen LogP contribution is -2.23. The molecule has 2 N–H and O–H groups in total. The van der Waals surface area contributed by atoms with Crippen LogP contribution in [0.2, 0.25) is 0 Å². The summed E-state index contributed by atoms with van der Waals surface area (Å²) in [5.41, 5.74) is 4.39. The van der Waals surface area contributed by atoms with Gasteiger partial charge in [-0.15, -0.1) is 0 Å². The van der Waals surface area contributed by atoms with Crippen molar-refractivity contribution in [3.05, 3.63) is 0 Å². The smallest absolute Gasteiger partial charge is 0.179 e. The van der Waals surface area contributed by atoms with Crippen LogP contribution in [0.4, 0.5) is 8.78 Å². The first-order chi connectivity index (χ1) is 2.64. The highest BCUT2D eigenvalue weighted by Crippen LogP contribution is 1.92. The number of alkyl halides is 2. The summed E-state index contributed by atoms with van der Waals surface area (Å²) in [6, 6.07) is 0. The number of hydrogen-bond donors (Lipinski definition) is 1. The van der Waals surface area contributed by atoms with E-state index in [1.807, 2.05) is 0 Å². The fourth-order valence-electron chi connectivity index (χ4n) is 0. The lowest BCUT2D eigenvalue weighted by atomic mass is 10.4. The highest BCUT2D eigenvalue weighted by atomic mass is 19.2. The van der Waals surface area contributed by atoms with E-state index in [0.29, 0.717) is 0 Å². The van der Waals surface area contributed by atoms with Gasteiger partial charge < -0.3 is 0 Å². The van der Waals surface area contributed by atoms with Crippen LogP contribution in [-0.4, -0.2) is 12.5 Å². The minimum Gasteiger partial charge on any atom is -0.299 e. The highest BCUT2D eigenvalue weighted by Gasteiger charge is 2.05. The van der Waals surface area contributed by atoms with Crippen LogP contribution in [0, 0.1) is 0 Å². The molecule has 1 nitrogen and oxygen atoms in total. The molecule has 0 radical (unpaired) electrons. The molecule has 0 aromatic carbocycles. The molecular formula is C3H7F2N. The Bertz CT molecular complexity index is 29.8. The van der Waals surface area contributed by atoms with Crippen LogP contribution >= 0.6 is 0 Å². The molecule has 0 aliphatic heterocycles. The second-order valence-corrected chi connectivity index (χ2v) is 1.12. The number of halogens is 2. The molecule has 0 bridgehead atoms. The molecule has 0 saturated heterocycles. The molecule has 0 saturated carbocycles. The molecule has 2 atom stereocenters. The van der Waals surface area contributed by atoms with Gasteiger partial charge in [0.25, 0.3) is 0 Å². The van der Waals surface area contributed by atoms with E-state index in [9.17, 15) is 8.78 Å². The average Bonchev–Trinajstić information content (AvgIpc) is 1.36. The number of nitrogens with two attached hydrogens (primary N) is 1. The summed E-state index contributed by atoms with van der Waals surface area (Å²) in [5, 5.41) is 0. The first-order valence-electron chi connectivity index (χ1n) is 1.68.